The summed E-state index contributed by atoms with van der Waals surface area (Å²) in [5.74, 6) is 1.50. The summed E-state index contributed by atoms with van der Waals surface area (Å²) in [4.78, 5) is 9.11. The summed E-state index contributed by atoms with van der Waals surface area (Å²) in [7, 11) is 3.74. The van der Waals surface area contributed by atoms with Gasteiger partial charge in [-0.3, -0.25) is 4.68 Å². The van der Waals surface area contributed by atoms with E-state index in [1.54, 1.807) is 4.68 Å². The maximum absolute atomic E-state index is 5.45. The number of nitrogens with one attached hydrogen (secondary N) is 1. The highest BCUT2D eigenvalue weighted by molar-refractivity contribution is 5.56. The van der Waals surface area contributed by atoms with Crippen molar-refractivity contribution in [2.24, 2.45) is 7.05 Å². The van der Waals surface area contributed by atoms with Crippen LogP contribution in [0, 0.1) is 0 Å². The zero-order valence-electron chi connectivity index (χ0n) is 10.5. The van der Waals surface area contributed by atoms with E-state index in [2.05, 4.69) is 20.4 Å². The second-order valence-electron chi connectivity index (χ2n) is 4.25. The molecule has 0 saturated heterocycles. The first kappa shape index (κ1) is 11.2. The standard InChI is InChI=1S/C12H15N5O/c1-13-11-8-7-18-6-4-9(8)14-12(15-11)10-3-5-17(2)16-10/h3,5H,4,6-7H2,1-2H3,(H,13,14,15). The third-order valence-corrected chi connectivity index (χ3v) is 3.00. The van der Waals surface area contributed by atoms with E-state index in [0.29, 0.717) is 12.4 Å². The molecule has 0 aromatic carbocycles. The Morgan fingerprint density at radius 1 is 1.39 bits per heavy atom. The maximum Gasteiger partial charge on any atom is 0.182 e. The Kier molecular flexibility index (Phi) is 2.71. The van der Waals surface area contributed by atoms with Crippen LogP contribution < -0.4 is 5.32 Å². The van der Waals surface area contributed by atoms with E-state index in [0.717, 1.165) is 35.8 Å². The molecule has 2 aromatic heterocycles. The molecule has 2 aromatic rings. The summed E-state index contributed by atoms with van der Waals surface area (Å²) in [6.07, 6.45) is 2.71. The second kappa shape index (κ2) is 4.38. The molecule has 0 spiro atoms. The zero-order chi connectivity index (χ0) is 12.5. The molecule has 1 aliphatic rings. The van der Waals surface area contributed by atoms with Crippen molar-refractivity contribution in [3.05, 3.63) is 23.5 Å². The molecule has 3 rings (SSSR count). The van der Waals surface area contributed by atoms with E-state index in [1.807, 2.05) is 26.4 Å². The summed E-state index contributed by atoms with van der Waals surface area (Å²) in [6.45, 7) is 1.29. The fraction of sp³-hybridized carbons (Fsp3) is 0.417. The highest BCUT2D eigenvalue weighted by Crippen LogP contribution is 2.24. The molecule has 6 heteroatoms. The minimum atomic E-state index is 0.577. The number of rotatable bonds is 2. The van der Waals surface area contributed by atoms with Gasteiger partial charge in [-0.05, 0) is 6.07 Å². The SMILES string of the molecule is CNc1nc(-c2ccn(C)n2)nc2c1COCC2. The molecule has 18 heavy (non-hydrogen) atoms. The van der Waals surface area contributed by atoms with Gasteiger partial charge in [0.05, 0.1) is 18.9 Å². The maximum atomic E-state index is 5.45. The number of aryl methyl sites for hydroxylation is 1. The number of fused-ring (bicyclic) bond motifs is 1. The normalized spacial score (nSPS) is 14.3. The zero-order valence-corrected chi connectivity index (χ0v) is 10.5. The summed E-state index contributed by atoms with van der Waals surface area (Å²) < 4.78 is 7.20. The van der Waals surface area contributed by atoms with E-state index >= 15 is 0 Å². The van der Waals surface area contributed by atoms with Crippen LogP contribution in [0.4, 0.5) is 5.82 Å². The number of anilines is 1. The monoisotopic (exact) mass is 245 g/mol. The van der Waals surface area contributed by atoms with Crippen LogP contribution in [-0.4, -0.2) is 33.4 Å². The van der Waals surface area contributed by atoms with Gasteiger partial charge in [0.15, 0.2) is 5.82 Å². The minimum Gasteiger partial charge on any atom is -0.376 e. The van der Waals surface area contributed by atoms with Crippen LogP contribution >= 0.6 is 0 Å². The summed E-state index contributed by atoms with van der Waals surface area (Å²) in [5, 5.41) is 7.44. The molecule has 1 N–H and O–H groups in total. The van der Waals surface area contributed by atoms with Gasteiger partial charge in [-0.1, -0.05) is 0 Å². The number of hydrogen-bond donors (Lipinski definition) is 1. The molecule has 1 aliphatic heterocycles. The van der Waals surface area contributed by atoms with Crippen LogP contribution in [0.25, 0.3) is 11.5 Å². The van der Waals surface area contributed by atoms with Crippen molar-refractivity contribution in [3.63, 3.8) is 0 Å². The quantitative estimate of drug-likeness (QED) is 0.854. The molecular weight excluding hydrogens is 230 g/mol. The largest absolute Gasteiger partial charge is 0.376 e. The lowest BCUT2D eigenvalue weighted by Gasteiger charge is -2.18. The third-order valence-electron chi connectivity index (χ3n) is 3.00. The summed E-state index contributed by atoms with van der Waals surface area (Å²) >= 11 is 0. The van der Waals surface area contributed by atoms with Crippen molar-refractivity contribution in [1.29, 1.82) is 0 Å². The Labute approximate surface area is 105 Å². The van der Waals surface area contributed by atoms with Crippen molar-refractivity contribution in [2.75, 3.05) is 19.0 Å². The van der Waals surface area contributed by atoms with Crippen molar-refractivity contribution >= 4 is 5.82 Å². The highest BCUT2D eigenvalue weighted by atomic mass is 16.5. The first-order valence-corrected chi connectivity index (χ1v) is 5.93. The predicted molar refractivity (Wildman–Crippen MR) is 67.1 cm³/mol. The van der Waals surface area contributed by atoms with Crippen LogP contribution in [0.15, 0.2) is 12.3 Å². The van der Waals surface area contributed by atoms with Gasteiger partial charge >= 0.3 is 0 Å². The van der Waals surface area contributed by atoms with E-state index in [-0.39, 0.29) is 0 Å². The van der Waals surface area contributed by atoms with E-state index in [1.165, 1.54) is 0 Å². The van der Waals surface area contributed by atoms with Crippen LogP contribution in [0.3, 0.4) is 0 Å². The smallest absolute Gasteiger partial charge is 0.182 e. The van der Waals surface area contributed by atoms with Crippen LogP contribution in [0.1, 0.15) is 11.3 Å². The number of hydrogen-bond acceptors (Lipinski definition) is 5. The van der Waals surface area contributed by atoms with Crippen molar-refractivity contribution < 1.29 is 4.74 Å². The fourth-order valence-electron chi connectivity index (χ4n) is 2.09. The number of aromatic nitrogens is 4. The highest BCUT2D eigenvalue weighted by Gasteiger charge is 2.18. The molecule has 6 nitrogen and oxygen atoms in total. The molecular formula is C12H15N5O. The molecule has 0 aliphatic carbocycles. The molecule has 0 fully saturated rings. The Balaban J connectivity index is 2.11. The number of ether oxygens (including phenoxy) is 1. The Hall–Kier alpha value is -1.95. The van der Waals surface area contributed by atoms with E-state index in [4.69, 9.17) is 4.74 Å². The molecule has 0 bridgehead atoms. The topological polar surface area (TPSA) is 64.9 Å². The van der Waals surface area contributed by atoms with Crippen molar-refractivity contribution in [1.82, 2.24) is 19.7 Å². The van der Waals surface area contributed by atoms with Crippen LogP contribution in [0.5, 0.6) is 0 Å². The lowest BCUT2D eigenvalue weighted by Crippen LogP contribution is -2.16. The van der Waals surface area contributed by atoms with Gasteiger partial charge in [0.2, 0.25) is 0 Å². The lowest BCUT2D eigenvalue weighted by atomic mass is 10.1. The Morgan fingerprint density at radius 2 is 2.28 bits per heavy atom. The van der Waals surface area contributed by atoms with Gasteiger partial charge in [0, 0.05) is 32.3 Å². The van der Waals surface area contributed by atoms with Crippen molar-refractivity contribution in [2.45, 2.75) is 13.0 Å². The fourth-order valence-corrected chi connectivity index (χ4v) is 2.09. The molecule has 94 valence electrons. The van der Waals surface area contributed by atoms with Gasteiger partial charge in [-0.15, -0.1) is 0 Å². The third kappa shape index (κ3) is 1.84. The van der Waals surface area contributed by atoms with Gasteiger partial charge in [-0.25, -0.2) is 9.97 Å². The van der Waals surface area contributed by atoms with Crippen LogP contribution in [-0.2, 0) is 24.8 Å². The molecule has 0 amide bonds. The average Bonchev–Trinajstić information content (AvgIpc) is 2.84. The van der Waals surface area contributed by atoms with Crippen molar-refractivity contribution in [3.8, 4) is 11.5 Å². The minimum absolute atomic E-state index is 0.577. The average molecular weight is 245 g/mol. The van der Waals surface area contributed by atoms with Gasteiger partial charge in [0.25, 0.3) is 0 Å². The van der Waals surface area contributed by atoms with Crippen LogP contribution in [0.2, 0.25) is 0 Å². The summed E-state index contributed by atoms with van der Waals surface area (Å²) in [5.41, 5.74) is 2.91. The molecule has 0 unspecified atom stereocenters. The van der Waals surface area contributed by atoms with Gasteiger partial charge in [-0.2, -0.15) is 5.10 Å². The van der Waals surface area contributed by atoms with E-state index < -0.39 is 0 Å². The molecule has 0 atom stereocenters. The van der Waals surface area contributed by atoms with Gasteiger partial charge < -0.3 is 10.1 Å². The Bertz CT molecular complexity index is 561. The second-order valence-corrected chi connectivity index (χ2v) is 4.25. The van der Waals surface area contributed by atoms with Gasteiger partial charge in [0.1, 0.15) is 11.5 Å². The Morgan fingerprint density at radius 3 is 3.00 bits per heavy atom. The molecule has 0 radical (unpaired) electrons. The first-order valence-electron chi connectivity index (χ1n) is 5.93. The predicted octanol–water partition coefficient (Wildman–Crippen LogP) is 0.991. The molecule has 3 heterocycles. The van der Waals surface area contributed by atoms with E-state index in [9.17, 15) is 0 Å². The molecule has 0 saturated carbocycles. The lowest BCUT2D eigenvalue weighted by molar-refractivity contribution is 0.109. The first-order chi connectivity index (χ1) is 8.78. The number of nitrogens with zero attached hydrogens (tertiary/aromatic N) is 4. The summed E-state index contributed by atoms with van der Waals surface area (Å²) in [6, 6.07) is 1.92.